The highest BCUT2D eigenvalue weighted by molar-refractivity contribution is 5.36. The van der Waals surface area contributed by atoms with Gasteiger partial charge >= 0.3 is 0 Å². The number of anilines is 1. The van der Waals surface area contributed by atoms with Crippen molar-refractivity contribution >= 4 is 5.95 Å². The number of nitrogens with two attached hydrogens (primary N) is 1. The SMILES string of the molecule is CCCCc1ccc(Oc2nc(NN)ncc2C)cc1. The van der Waals surface area contributed by atoms with Gasteiger partial charge in [0.25, 0.3) is 0 Å². The first-order chi connectivity index (χ1) is 9.72. The van der Waals surface area contributed by atoms with E-state index in [1.165, 1.54) is 18.4 Å². The molecular formula is C15H20N4O. The van der Waals surface area contributed by atoms with Crippen molar-refractivity contribution < 1.29 is 4.74 Å². The van der Waals surface area contributed by atoms with Crippen molar-refractivity contribution in [3.8, 4) is 11.6 Å². The summed E-state index contributed by atoms with van der Waals surface area (Å²) < 4.78 is 5.76. The molecule has 5 nitrogen and oxygen atoms in total. The van der Waals surface area contributed by atoms with Gasteiger partial charge in [-0.25, -0.2) is 10.8 Å². The van der Waals surface area contributed by atoms with Crippen molar-refractivity contribution in [2.24, 2.45) is 5.84 Å². The van der Waals surface area contributed by atoms with Gasteiger partial charge in [0.05, 0.1) is 0 Å². The molecule has 0 fully saturated rings. The number of rotatable bonds is 6. The molecule has 0 spiro atoms. The molecule has 106 valence electrons. The predicted octanol–water partition coefficient (Wildman–Crippen LogP) is 3.21. The summed E-state index contributed by atoms with van der Waals surface area (Å²) in [5.41, 5.74) is 4.59. The lowest BCUT2D eigenvalue weighted by Crippen LogP contribution is -2.11. The van der Waals surface area contributed by atoms with Gasteiger partial charge in [-0.2, -0.15) is 4.98 Å². The van der Waals surface area contributed by atoms with Crippen LogP contribution in [-0.2, 0) is 6.42 Å². The molecule has 1 heterocycles. The van der Waals surface area contributed by atoms with Gasteiger partial charge in [-0.05, 0) is 37.5 Å². The van der Waals surface area contributed by atoms with Crippen LogP contribution in [0.4, 0.5) is 5.95 Å². The van der Waals surface area contributed by atoms with Crippen molar-refractivity contribution in [1.29, 1.82) is 0 Å². The fourth-order valence-corrected chi connectivity index (χ4v) is 1.82. The molecule has 1 aromatic heterocycles. The van der Waals surface area contributed by atoms with E-state index in [1.807, 2.05) is 19.1 Å². The second kappa shape index (κ2) is 6.86. The van der Waals surface area contributed by atoms with Gasteiger partial charge in [0.1, 0.15) is 5.75 Å². The smallest absolute Gasteiger partial charge is 0.240 e. The van der Waals surface area contributed by atoms with Crippen LogP contribution in [0.25, 0.3) is 0 Å². The van der Waals surface area contributed by atoms with Crippen molar-refractivity contribution in [2.75, 3.05) is 5.43 Å². The normalized spacial score (nSPS) is 10.3. The van der Waals surface area contributed by atoms with Crippen molar-refractivity contribution in [2.45, 2.75) is 33.1 Å². The Morgan fingerprint density at radius 1 is 1.25 bits per heavy atom. The van der Waals surface area contributed by atoms with E-state index < -0.39 is 0 Å². The van der Waals surface area contributed by atoms with Gasteiger partial charge in [0, 0.05) is 11.8 Å². The Morgan fingerprint density at radius 2 is 2.00 bits per heavy atom. The number of hydrogen-bond acceptors (Lipinski definition) is 5. The van der Waals surface area contributed by atoms with Gasteiger partial charge in [-0.3, -0.25) is 5.43 Å². The van der Waals surface area contributed by atoms with E-state index in [0.29, 0.717) is 11.8 Å². The molecule has 0 unspecified atom stereocenters. The van der Waals surface area contributed by atoms with Crippen LogP contribution < -0.4 is 16.0 Å². The Balaban J connectivity index is 2.09. The fraction of sp³-hybridized carbons (Fsp3) is 0.333. The fourth-order valence-electron chi connectivity index (χ4n) is 1.82. The quantitative estimate of drug-likeness (QED) is 0.624. The average molecular weight is 272 g/mol. The van der Waals surface area contributed by atoms with E-state index in [-0.39, 0.29) is 0 Å². The number of benzene rings is 1. The zero-order valence-electron chi connectivity index (χ0n) is 11.9. The van der Waals surface area contributed by atoms with E-state index in [2.05, 4.69) is 34.5 Å². The minimum Gasteiger partial charge on any atom is -0.439 e. The van der Waals surface area contributed by atoms with Crippen molar-refractivity contribution in [3.05, 3.63) is 41.6 Å². The Morgan fingerprint density at radius 3 is 2.65 bits per heavy atom. The number of aryl methyl sites for hydroxylation is 2. The summed E-state index contributed by atoms with van der Waals surface area (Å²) in [4.78, 5) is 8.21. The highest BCUT2D eigenvalue weighted by atomic mass is 16.5. The molecule has 1 aromatic carbocycles. The van der Waals surface area contributed by atoms with Gasteiger partial charge in [0.15, 0.2) is 0 Å². The molecule has 2 aromatic rings. The first kappa shape index (κ1) is 14.3. The summed E-state index contributed by atoms with van der Waals surface area (Å²) in [6.07, 6.45) is 5.18. The monoisotopic (exact) mass is 272 g/mol. The zero-order valence-corrected chi connectivity index (χ0v) is 11.9. The lowest BCUT2D eigenvalue weighted by Gasteiger charge is -2.09. The Bertz CT molecular complexity index is 554. The number of hydrazine groups is 1. The lowest BCUT2D eigenvalue weighted by atomic mass is 10.1. The molecule has 5 heteroatoms. The summed E-state index contributed by atoms with van der Waals surface area (Å²) in [6.45, 7) is 4.09. The summed E-state index contributed by atoms with van der Waals surface area (Å²) in [5.74, 6) is 6.90. The third-order valence-corrected chi connectivity index (χ3v) is 3.01. The maximum Gasteiger partial charge on any atom is 0.240 e. The van der Waals surface area contributed by atoms with Crippen LogP contribution >= 0.6 is 0 Å². The highest BCUT2D eigenvalue weighted by Gasteiger charge is 2.06. The minimum absolute atomic E-state index is 0.338. The molecule has 3 N–H and O–H groups in total. The lowest BCUT2D eigenvalue weighted by molar-refractivity contribution is 0.458. The summed E-state index contributed by atoms with van der Waals surface area (Å²) in [7, 11) is 0. The molecule has 0 saturated heterocycles. The largest absolute Gasteiger partial charge is 0.439 e. The van der Waals surface area contributed by atoms with Gasteiger partial charge in [0.2, 0.25) is 11.8 Å². The molecular weight excluding hydrogens is 252 g/mol. The molecule has 0 amide bonds. The van der Waals surface area contributed by atoms with E-state index in [4.69, 9.17) is 10.6 Å². The molecule has 2 rings (SSSR count). The van der Waals surface area contributed by atoms with Gasteiger partial charge < -0.3 is 4.74 Å². The van der Waals surface area contributed by atoms with Crippen LogP contribution in [0.15, 0.2) is 30.5 Å². The van der Waals surface area contributed by atoms with Gasteiger partial charge in [-0.15, -0.1) is 0 Å². The van der Waals surface area contributed by atoms with Crippen LogP contribution in [-0.4, -0.2) is 9.97 Å². The van der Waals surface area contributed by atoms with Crippen LogP contribution in [0, 0.1) is 6.92 Å². The number of nitrogens with zero attached hydrogens (tertiary/aromatic N) is 2. The van der Waals surface area contributed by atoms with Gasteiger partial charge in [-0.1, -0.05) is 25.5 Å². The first-order valence-corrected chi connectivity index (χ1v) is 6.80. The van der Waals surface area contributed by atoms with E-state index >= 15 is 0 Å². The molecule has 0 aliphatic rings. The number of hydrogen-bond donors (Lipinski definition) is 2. The summed E-state index contributed by atoms with van der Waals surface area (Å²) in [6, 6.07) is 8.09. The number of aromatic nitrogens is 2. The molecule has 20 heavy (non-hydrogen) atoms. The van der Waals surface area contributed by atoms with Crippen LogP contribution in [0.1, 0.15) is 30.9 Å². The van der Waals surface area contributed by atoms with E-state index in [9.17, 15) is 0 Å². The number of ether oxygens (including phenoxy) is 1. The predicted molar refractivity (Wildman–Crippen MR) is 79.7 cm³/mol. The molecule has 0 aliphatic heterocycles. The van der Waals surface area contributed by atoms with E-state index in [1.54, 1.807) is 6.20 Å². The standard InChI is InChI=1S/C15H20N4O/c1-3-4-5-12-6-8-13(9-7-12)20-14-11(2)10-17-15(18-14)19-16/h6-10H,3-5,16H2,1-2H3,(H,17,18,19). The Hall–Kier alpha value is -2.14. The maximum atomic E-state index is 5.76. The Kier molecular flexibility index (Phi) is 4.90. The highest BCUT2D eigenvalue weighted by Crippen LogP contribution is 2.23. The third kappa shape index (κ3) is 3.68. The summed E-state index contributed by atoms with van der Waals surface area (Å²) >= 11 is 0. The zero-order chi connectivity index (χ0) is 14.4. The molecule has 0 aliphatic carbocycles. The van der Waals surface area contributed by atoms with Crippen molar-refractivity contribution in [3.63, 3.8) is 0 Å². The third-order valence-electron chi connectivity index (χ3n) is 3.01. The second-order valence-electron chi connectivity index (χ2n) is 4.68. The van der Waals surface area contributed by atoms with Crippen LogP contribution in [0.2, 0.25) is 0 Å². The number of nitrogens with one attached hydrogen (secondary N) is 1. The molecule has 0 radical (unpaired) electrons. The summed E-state index contributed by atoms with van der Waals surface area (Å²) in [5, 5.41) is 0. The van der Waals surface area contributed by atoms with E-state index in [0.717, 1.165) is 17.7 Å². The van der Waals surface area contributed by atoms with Crippen LogP contribution in [0.3, 0.4) is 0 Å². The van der Waals surface area contributed by atoms with Crippen molar-refractivity contribution in [1.82, 2.24) is 9.97 Å². The Labute approximate surface area is 119 Å². The first-order valence-electron chi connectivity index (χ1n) is 6.80. The molecule has 0 atom stereocenters. The second-order valence-corrected chi connectivity index (χ2v) is 4.68. The van der Waals surface area contributed by atoms with Crippen LogP contribution in [0.5, 0.6) is 11.6 Å². The average Bonchev–Trinajstić information content (AvgIpc) is 2.49. The number of nitrogen functional groups attached to an aromatic ring is 1. The molecule has 0 bridgehead atoms. The topological polar surface area (TPSA) is 73.1 Å². The number of unbranched alkanes of at least 4 members (excludes halogenated alkanes) is 1. The molecule has 0 saturated carbocycles. The minimum atomic E-state index is 0.338. The maximum absolute atomic E-state index is 5.76.